The van der Waals surface area contributed by atoms with Gasteiger partial charge in [-0.3, -0.25) is 0 Å². The molecule has 0 unspecified atom stereocenters. The lowest BCUT2D eigenvalue weighted by molar-refractivity contribution is 0.486. The summed E-state index contributed by atoms with van der Waals surface area (Å²) in [5.41, 5.74) is 1.47. The maximum atomic E-state index is 10.3. The fraction of sp³-hybridized carbons (Fsp3) is 0. The van der Waals surface area contributed by atoms with Gasteiger partial charge in [-0.25, -0.2) is 0 Å². The molecule has 2 aromatic heterocycles. The highest BCUT2D eigenvalue weighted by Gasteiger charge is 2.20. The predicted molar refractivity (Wildman–Crippen MR) is 86.0 cm³/mol. The molecule has 0 spiro atoms. The lowest BCUT2D eigenvalue weighted by Gasteiger charge is -2.01. The molecule has 4 aromatic rings. The van der Waals surface area contributed by atoms with Crippen molar-refractivity contribution in [3.05, 3.63) is 48.5 Å². The predicted octanol–water partition coefficient (Wildman–Crippen LogP) is 5.19. The number of rotatable bonds is 1. The Morgan fingerprint density at radius 1 is 0.600 bits per heavy atom. The van der Waals surface area contributed by atoms with Crippen LogP contribution in [0.2, 0.25) is 0 Å². The number of benzene rings is 2. The molecule has 2 aromatic carbocycles. The van der Waals surface area contributed by atoms with E-state index in [4.69, 9.17) is 0 Å². The van der Waals surface area contributed by atoms with Crippen molar-refractivity contribution >= 4 is 42.8 Å². The van der Waals surface area contributed by atoms with E-state index in [0.29, 0.717) is 0 Å². The Kier molecular flexibility index (Phi) is 2.49. The molecule has 98 valence electrons. The third-order valence-electron chi connectivity index (χ3n) is 3.40. The van der Waals surface area contributed by atoms with Gasteiger partial charge >= 0.3 is 0 Å². The largest absolute Gasteiger partial charge is 0.499 e. The maximum Gasteiger partial charge on any atom is 0.180 e. The Balaban J connectivity index is 2.16. The van der Waals surface area contributed by atoms with Crippen LogP contribution in [0, 0.1) is 0 Å². The molecule has 20 heavy (non-hydrogen) atoms. The van der Waals surface area contributed by atoms with E-state index < -0.39 is 0 Å². The summed E-state index contributed by atoms with van der Waals surface area (Å²) in [6.45, 7) is 0. The van der Waals surface area contributed by atoms with Crippen molar-refractivity contribution in [1.82, 2.24) is 0 Å². The van der Waals surface area contributed by atoms with Crippen molar-refractivity contribution in [2.45, 2.75) is 0 Å². The summed E-state index contributed by atoms with van der Waals surface area (Å²) in [6, 6.07) is 15.7. The lowest BCUT2D eigenvalue weighted by atomic mass is 10.0. The third-order valence-corrected chi connectivity index (χ3v) is 5.35. The highest BCUT2D eigenvalue weighted by molar-refractivity contribution is 7.22. The van der Waals surface area contributed by atoms with Crippen LogP contribution in [0.5, 0.6) is 10.1 Å². The normalized spacial score (nSPS) is 11.4. The van der Waals surface area contributed by atoms with Crippen LogP contribution in [0.4, 0.5) is 0 Å². The van der Waals surface area contributed by atoms with Crippen LogP contribution in [0.3, 0.4) is 0 Å². The molecule has 0 aliphatic heterocycles. The average molecular weight is 298 g/mol. The standard InChI is InChI=1S/C16H10O2S2/c17-15-13(9-5-1-3-7-11(9)19-15)14-10-6-2-4-8-12(10)20-16(14)18/h1-8,17-18H. The molecule has 4 heteroatoms. The van der Waals surface area contributed by atoms with E-state index in [1.54, 1.807) is 0 Å². The van der Waals surface area contributed by atoms with Crippen molar-refractivity contribution in [2.75, 3.05) is 0 Å². The molecule has 0 saturated carbocycles. The van der Waals surface area contributed by atoms with Crippen LogP contribution >= 0.6 is 22.7 Å². The van der Waals surface area contributed by atoms with Crippen LogP contribution in [-0.4, -0.2) is 10.2 Å². The van der Waals surface area contributed by atoms with Crippen molar-refractivity contribution < 1.29 is 10.2 Å². The first-order chi connectivity index (χ1) is 9.75. The van der Waals surface area contributed by atoms with E-state index >= 15 is 0 Å². The van der Waals surface area contributed by atoms with Gasteiger partial charge < -0.3 is 10.2 Å². The number of fused-ring (bicyclic) bond motifs is 2. The first-order valence-corrected chi connectivity index (χ1v) is 7.80. The molecule has 0 aliphatic rings. The second kappa shape index (κ2) is 4.23. The molecule has 2 heterocycles. The summed E-state index contributed by atoms with van der Waals surface area (Å²) in [4.78, 5) is 0. The molecule has 0 aliphatic carbocycles. The summed E-state index contributed by atoms with van der Waals surface area (Å²) in [5.74, 6) is 0. The zero-order valence-corrected chi connectivity index (χ0v) is 12.0. The molecule has 0 fully saturated rings. The Bertz CT molecular complexity index is 856. The minimum Gasteiger partial charge on any atom is -0.499 e. The van der Waals surface area contributed by atoms with Gasteiger partial charge in [-0.15, -0.1) is 0 Å². The number of hydrogen-bond donors (Lipinski definition) is 2. The van der Waals surface area contributed by atoms with E-state index in [2.05, 4.69) is 0 Å². The van der Waals surface area contributed by atoms with Gasteiger partial charge in [0.1, 0.15) is 0 Å². The topological polar surface area (TPSA) is 40.5 Å². The molecule has 2 nitrogen and oxygen atoms in total. The first kappa shape index (κ1) is 11.8. The molecule has 4 rings (SSSR count). The van der Waals surface area contributed by atoms with E-state index in [0.717, 1.165) is 31.3 Å². The van der Waals surface area contributed by atoms with Crippen molar-refractivity contribution in [2.24, 2.45) is 0 Å². The fourth-order valence-corrected chi connectivity index (χ4v) is 4.45. The van der Waals surface area contributed by atoms with Crippen molar-refractivity contribution in [3.8, 4) is 21.3 Å². The van der Waals surface area contributed by atoms with Gasteiger partial charge in [0.25, 0.3) is 0 Å². The van der Waals surface area contributed by atoms with Crippen LogP contribution in [0.25, 0.3) is 31.3 Å². The summed E-state index contributed by atoms with van der Waals surface area (Å²) >= 11 is 2.69. The summed E-state index contributed by atoms with van der Waals surface area (Å²) < 4.78 is 2.05. The molecule has 2 N–H and O–H groups in total. The third kappa shape index (κ3) is 1.55. The second-order valence-corrected chi connectivity index (χ2v) is 6.62. The van der Waals surface area contributed by atoms with E-state index in [-0.39, 0.29) is 10.1 Å². The zero-order valence-electron chi connectivity index (χ0n) is 10.3. The van der Waals surface area contributed by atoms with Crippen LogP contribution in [0.15, 0.2) is 48.5 Å². The van der Waals surface area contributed by atoms with E-state index in [9.17, 15) is 10.2 Å². The van der Waals surface area contributed by atoms with Gasteiger partial charge in [0.2, 0.25) is 0 Å². The van der Waals surface area contributed by atoms with Crippen LogP contribution in [-0.2, 0) is 0 Å². The van der Waals surface area contributed by atoms with Gasteiger partial charge in [0.15, 0.2) is 10.1 Å². The minimum absolute atomic E-state index is 0.255. The second-order valence-electron chi connectivity index (χ2n) is 4.56. The summed E-state index contributed by atoms with van der Waals surface area (Å²) in [5, 5.41) is 23.1. The number of aromatic hydroxyl groups is 2. The Morgan fingerprint density at radius 3 is 1.45 bits per heavy atom. The highest BCUT2D eigenvalue weighted by atomic mass is 32.1. The lowest BCUT2D eigenvalue weighted by Crippen LogP contribution is -1.75. The first-order valence-electron chi connectivity index (χ1n) is 6.17. The quantitative estimate of drug-likeness (QED) is 0.507. The van der Waals surface area contributed by atoms with Gasteiger partial charge in [-0.2, -0.15) is 0 Å². The molecule has 0 amide bonds. The monoisotopic (exact) mass is 298 g/mol. The Labute approximate surface area is 123 Å². The van der Waals surface area contributed by atoms with Crippen molar-refractivity contribution in [3.63, 3.8) is 0 Å². The summed E-state index contributed by atoms with van der Waals surface area (Å²) in [6.07, 6.45) is 0. The highest BCUT2D eigenvalue weighted by Crippen LogP contribution is 2.51. The van der Waals surface area contributed by atoms with Gasteiger partial charge in [0.05, 0.1) is 0 Å². The van der Waals surface area contributed by atoms with Gasteiger partial charge in [0, 0.05) is 31.3 Å². The van der Waals surface area contributed by atoms with Gasteiger partial charge in [-0.1, -0.05) is 59.1 Å². The molecule has 0 radical (unpaired) electrons. The SMILES string of the molecule is Oc1sc2ccccc2c1-c1c(O)sc2ccccc12. The smallest absolute Gasteiger partial charge is 0.180 e. The summed E-state index contributed by atoms with van der Waals surface area (Å²) in [7, 11) is 0. The van der Waals surface area contributed by atoms with Crippen LogP contribution in [0.1, 0.15) is 0 Å². The van der Waals surface area contributed by atoms with E-state index in [1.165, 1.54) is 22.7 Å². The zero-order chi connectivity index (χ0) is 13.7. The molecular weight excluding hydrogens is 288 g/mol. The molecular formula is C16H10O2S2. The Hall–Kier alpha value is -2.04. The molecule has 0 bridgehead atoms. The number of thiophene rings is 2. The van der Waals surface area contributed by atoms with Crippen molar-refractivity contribution in [1.29, 1.82) is 0 Å². The van der Waals surface area contributed by atoms with Gasteiger partial charge in [-0.05, 0) is 12.1 Å². The molecule has 0 atom stereocenters. The van der Waals surface area contributed by atoms with Crippen LogP contribution < -0.4 is 0 Å². The molecule has 0 saturated heterocycles. The van der Waals surface area contributed by atoms with E-state index in [1.807, 2.05) is 48.5 Å². The fourth-order valence-electron chi connectivity index (χ4n) is 2.55. The maximum absolute atomic E-state index is 10.3. The number of hydrogen-bond acceptors (Lipinski definition) is 4. The average Bonchev–Trinajstić information content (AvgIpc) is 2.94. The minimum atomic E-state index is 0.255. The Morgan fingerprint density at radius 2 is 1.00 bits per heavy atom.